The first-order valence-corrected chi connectivity index (χ1v) is 15.7. The van der Waals surface area contributed by atoms with Crippen LogP contribution in [0.2, 0.25) is 0 Å². The molecular weight excluding hydrogens is 607 g/mol. The number of amides is 1. The van der Waals surface area contributed by atoms with Crippen LogP contribution in [0.15, 0.2) is 90.5 Å². The average Bonchev–Trinajstić information content (AvgIpc) is 3.72. The molecule has 4 aromatic carbocycles. The third kappa shape index (κ3) is 5.34. The van der Waals surface area contributed by atoms with Crippen molar-refractivity contribution in [3.63, 3.8) is 0 Å². The number of anilines is 1. The van der Waals surface area contributed by atoms with E-state index in [0.29, 0.717) is 52.5 Å². The van der Waals surface area contributed by atoms with E-state index in [-0.39, 0.29) is 22.6 Å². The number of ketones is 1. The molecule has 232 valence electrons. The molecule has 3 heterocycles. The fourth-order valence-corrected chi connectivity index (χ4v) is 6.89. The Kier molecular flexibility index (Phi) is 7.66. The van der Waals surface area contributed by atoms with Crippen LogP contribution in [0.25, 0.3) is 16.0 Å². The largest absolute Gasteiger partial charge is 0.507 e. The van der Waals surface area contributed by atoms with Crippen molar-refractivity contribution in [3.8, 4) is 17.2 Å². The van der Waals surface area contributed by atoms with E-state index in [2.05, 4.69) is 4.98 Å². The highest BCUT2D eigenvalue weighted by Gasteiger charge is 2.48. The van der Waals surface area contributed by atoms with Gasteiger partial charge >= 0.3 is 5.91 Å². The molecular formula is C36H29FN2O6S. The second-order valence-corrected chi connectivity index (χ2v) is 12.2. The minimum Gasteiger partial charge on any atom is -0.507 e. The lowest BCUT2D eigenvalue weighted by Crippen LogP contribution is -2.29. The van der Waals surface area contributed by atoms with Gasteiger partial charge in [0.2, 0.25) is 0 Å². The smallest absolute Gasteiger partial charge is 0.301 e. The number of carbonyl (C=O) groups excluding carboxylic acids is 2. The summed E-state index contributed by atoms with van der Waals surface area (Å²) in [4.78, 5) is 33.5. The van der Waals surface area contributed by atoms with Crippen molar-refractivity contribution in [2.75, 3.05) is 11.5 Å². The van der Waals surface area contributed by atoms with Crippen LogP contribution < -0.4 is 19.1 Å². The Balaban J connectivity index is 1.36. The molecule has 7 rings (SSSR count). The Bertz CT molecular complexity index is 2020. The molecule has 46 heavy (non-hydrogen) atoms. The predicted molar refractivity (Wildman–Crippen MR) is 173 cm³/mol. The summed E-state index contributed by atoms with van der Waals surface area (Å²) in [5.41, 5.74) is 3.15. The van der Waals surface area contributed by atoms with E-state index in [0.717, 1.165) is 28.2 Å². The maximum absolute atomic E-state index is 14.1. The lowest BCUT2D eigenvalue weighted by molar-refractivity contribution is -0.132. The van der Waals surface area contributed by atoms with Gasteiger partial charge in [-0.3, -0.25) is 14.5 Å². The van der Waals surface area contributed by atoms with Crippen LogP contribution in [-0.4, -0.2) is 34.5 Å². The minimum atomic E-state index is -1.06. The van der Waals surface area contributed by atoms with Crippen molar-refractivity contribution < 1.29 is 33.3 Å². The van der Waals surface area contributed by atoms with Gasteiger partial charge in [-0.2, -0.15) is 0 Å². The molecule has 1 aromatic heterocycles. The molecule has 2 aliphatic heterocycles. The summed E-state index contributed by atoms with van der Waals surface area (Å²) >= 11 is 1.09. The maximum atomic E-state index is 14.1. The molecule has 1 N–H and O–H groups in total. The van der Waals surface area contributed by atoms with Crippen molar-refractivity contribution in [1.29, 1.82) is 0 Å². The van der Waals surface area contributed by atoms with Gasteiger partial charge in [-0.25, -0.2) is 9.37 Å². The predicted octanol–water partition coefficient (Wildman–Crippen LogP) is 7.36. The molecule has 2 aliphatic rings. The summed E-state index contributed by atoms with van der Waals surface area (Å²) in [5, 5.41) is 11.9. The molecule has 10 heteroatoms. The summed E-state index contributed by atoms with van der Waals surface area (Å²) in [6, 6.07) is 23.2. The van der Waals surface area contributed by atoms with Crippen LogP contribution in [0.5, 0.6) is 17.2 Å². The molecule has 0 radical (unpaired) electrons. The zero-order valence-corrected chi connectivity index (χ0v) is 25.8. The van der Waals surface area contributed by atoms with Gasteiger partial charge in [0.1, 0.15) is 30.0 Å². The molecule has 8 nitrogen and oxygen atoms in total. The molecule has 2 atom stereocenters. The number of aliphatic hydroxyl groups excluding tert-OH is 1. The van der Waals surface area contributed by atoms with Gasteiger partial charge in [0.15, 0.2) is 16.6 Å². The molecule has 1 fully saturated rings. The van der Waals surface area contributed by atoms with Crippen LogP contribution >= 0.6 is 11.3 Å². The zero-order chi connectivity index (χ0) is 31.9. The monoisotopic (exact) mass is 636 g/mol. The maximum Gasteiger partial charge on any atom is 0.301 e. The summed E-state index contributed by atoms with van der Waals surface area (Å²) in [7, 11) is 0. The van der Waals surface area contributed by atoms with E-state index in [4.69, 9.17) is 14.2 Å². The number of aromatic nitrogens is 1. The zero-order valence-electron chi connectivity index (χ0n) is 25.0. The second-order valence-electron chi connectivity index (χ2n) is 11.1. The Morgan fingerprint density at radius 2 is 1.85 bits per heavy atom. The van der Waals surface area contributed by atoms with Crippen LogP contribution in [0.4, 0.5) is 9.52 Å². The van der Waals surface area contributed by atoms with Gasteiger partial charge in [-0.1, -0.05) is 47.7 Å². The molecule has 1 amide bonds. The molecule has 0 unspecified atom stereocenters. The van der Waals surface area contributed by atoms with Gasteiger partial charge in [0.25, 0.3) is 5.78 Å². The van der Waals surface area contributed by atoms with Crippen molar-refractivity contribution in [2.24, 2.45) is 0 Å². The third-order valence-electron chi connectivity index (χ3n) is 7.98. The highest BCUT2D eigenvalue weighted by molar-refractivity contribution is 7.22. The molecule has 0 bridgehead atoms. The number of nitrogens with zero attached hydrogens (tertiary/aromatic N) is 2. The third-order valence-corrected chi connectivity index (χ3v) is 9.00. The number of ether oxygens (including phenoxy) is 3. The number of aliphatic hydroxyl groups is 1. The number of hydrogen-bond donors (Lipinski definition) is 1. The van der Waals surface area contributed by atoms with Crippen molar-refractivity contribution in [3.05, 3.63) is 119 Å². The number of halogens is 1. The van der Waals surface area contributed by atoms with Gasteiger partial charge < -0.3 is 19.3 Å². The van der Waals surface area contributed by atoms with Crippen molar-refractivity contribution in [2.45, 2.75) is 39.0 Å². The fourth-order valence-electron chi connectivity index (χ4n) is 5.88. The lowest BCUT2D eigenvalue weighted by Gasteiger charge is -2.24. The van der Waals surface area contributed by atoms with E-state index in [1.807, 2.05) is 44.2 Å². The number of rotatable bonds is 8. The lowest BCUT2D eigenvalue weighted by atomic mass is 9.94. The van der Waals surface area contributed by atoms with Crippen LogP contribution in [0.1, 0.15) is 42.1 Å². The minimum absolute atomic E-state index is 0.0125. The van der Waals surface area contributed by atoms with Gasteiger partial charge in [-0.15, -0.1) is 0 Å². The highest BCUT2D eigenvalue weighted by Crippen LogP contribution is 2.46. The van der Waals surface area contributed by atoms with Crippen LogP contribution in [0, 0.1) is 5.82 Å². The van der Waals surface area contributed by atoms with E-state index in [1.165, 1.54) is 23.1 Å². The summed E-state index contributed by atoms with van der Waals surface area (Å²) in [6.07, 6.45) is 0.639. The molecule has 1 saturated heterocycles. The van der Waals surface area contributed by atoms with Gasteiger partial charge in [-0.05, 0) is 79.1 Å². The molecule has 0 saturated carbocycles. The highest BCUT2D eigenvalue weighted by atomic mass is 32.1. The summed E-state index contributed by atoms with van der Waals surface area (Å²) < 4.78 is 32.5. The fraction of sp³-hybridized carbons (Fsp3) is 0.194. The van der Waals surface area contributed by atoms with Gasteiger partial charge in [0, 0.05) is 12.0 Å². The average molecular weight is 637 g/mol. The van der Waals surface area contributed by atoms with Crippen LogP contribution in [-0.2, 0) is 22.6 Å². The number of fused-ring (bicyclic) bond motifs is 2. The Morgan fingerprint density at radius 1 is 1.02 bits per heavy atom. The van der Waals surface area contributed by atoms with Crippen LogP contribution in [0.3, 0.4) is 0 Å². The number of carbonyl (C=O) groups is 2. The van der Waals surface area contributed by atoms with E-state index < -0.39 is 23.5 Å². The van der Waals surface area contributed by atoms with Gasteiger partial charge in [0.05, 0.1) is 28.4 Å². The molecule has 0 aliphatic carbocycles. The SMILES string of the molecule is CCOc1cc([C@@H]2/C(=C(\O)c3ccc4c(c3)C[C@H](C)O4)C(=O)C(=O)N2c2nc3ccc(F)cc3s2)ccc1OCc1ccccc1. The normalized spacial score (nSPS) is 18.5. The standard InChI is InChI=1S/C36H29FN2O6S/c1-3-43-29-17-22(9-14-28(29)44-19-21-7-5-4-6-8-21)32-31(33(40)23-10-13-27-24(16-23)15-20(2)45-27)34(41)35(42)39(32)36-38-26-12-11-25(37)18-30(26)46-36/h4-14,16-18,20,32,40H,3,15,19H2,1-2H3/b33-31+/t20-,32+/m0/s1. The number of thiazole rings is 1. The Hall–Kier alpha value is -5.22. The summed E-state index contributed by atoms with van der Waals surface area (Å²) in [6.45, 7) is 4.45. The topological polar surface area (TPSA) is 98.2 Å². The van der Waals surface area contributed by atoms with Crippen molar-refractivity contribution >= 4 is 44.1 Å². The first kappa shape index (κ1) is 29.5. The number of hydrogen-bond acceptors (Lipinski definition) is 8. The molecule has 5 aromatic rings. The van der Waals surface area contributed by atoms with Crippen molar-refractivity contribution in [1.82, 2.24) is 4.98 Å². The first-order valence-electron chi connectivity index (χ1n) is 14.9. The van der Waals surface area contributed by atoms with E-state index in [9.17, 15) is 19.1 Å². The Labute approximate surface area is 268 Å². The summed E-state index contributed by atoms with van der Waals surface area (Å²) in [5.74, 6) is -0.861. The second kappa shape index (κ2) is 11.9. The number of Topliss-reactive ketones (excluding diaryl/α,β-unsaturated/α-hetero) is 1. The molecule has 0 spiro atoms. The van der Waals surface area contributed by atoms with E-state index in [1.54, 1.807) is 36.4 Å². The Morgan fingerprint density at radius 3 is 2.65 bits per heavy atom. The first-order chi connectivity index (χ1) is 22.3. The quantitative estimate of drug-likeness (QED) is 0.108. The number of benzene rings is 4. The van der Waals surface area contributed by atoms with E-state index >= 15 is 0 Å².